The van der Waals surface area contributed by atoms with Gasteiger partial charge in [0.15, 0.2) is 5.16 Å². The van der Waals surface area contributed by atoms with E-state index in [4.69, 9.17) is 5.84 Å². The molecule has 0 radical (unpaired) electrons. The first-order valence-electron chi connectivity index (χ1n) is 7.90. The summed E-state index contributed by atoms with van der Waals surface area (Å²) in [5, 5.41) is 5.70. The molecule has 2 heterocycles. The summed E-state index contributed by atoms with van der Waals surface area (Å²) in [5.41, 5.74) is 1.49. The first-order chi connectivity index (χ1) is 12.1. The van der Waals surface area contributed by atoms with Gasteiger partial charge in [-0.2, -0.15) is 0 Å². The molecule has 1 aliphatic rings. The summed E-state index contributed by atoms with van der Waals surface area (Å²) in [5.74, 6) is 6.09. The minimum Gasteiger partial charge on any atom is -0.353 e. The standard InChI is InChI=1S/C17H16N4O2S2/c18-21-16(23)14-12(10-4-2-1-3-5-10)8-24-15(14)20-17(21)25-9-13(22)19-11-6-7-11/h1-5,8,11H,6-7,9,18H2,(H,19,22). The number of rotatable bonds is 5. The third kappa shape index (κ3) is 3.27. The molecule has 25 heavy (non-hydrogen) atoms. The molecule has 0 atom stereocenters. The zero-order valence-electron chi connectivity index (χ0n) is 13.3. The Labute approximate surface area is 152 Å². The van der Waals surface area contributed by atoms with Crippen molar-refractivity contribution in [1.29, 1.82) is 0 Å². The SMILES string of the molecule is Nn1c(SCC(=O)NC2CC2)nc2scc(-c3ccccc3)c2c1=O. The number of thiophene rings is 1. The molecule has 0 bridgehead atoms. The first-order valence-corrected chi connectivity index (χ1v) is 9.77. The van der Waals surface area contributed by atoms with Crippen LogP contribution in [0.1, 0.15) is 12.8 Å². The van der Waals surface area contributed by atoms with Gasteiger partial charge < -0.3 is 11.2 Å². The molecule has 0 unspecified atom stereocenters. The summed E-state index contributed by atoms with van der Waals surface area (Å²) in [6.45, 7) is 0. The van der Waals surface area contributed by atoms with Crippen LogP contribution in [0.15, 0.2) is 45.7 Å². The van der Waals surface area contributed by atoms with E-state index in [2.05, 4.69) is 10.3 Å². The average molecular weight is 372 g/mol. The molecule has 2 aromatic heterocycles. The van der Waals surface area contributed by atoms with Crippen LogP contribution in [-0.4, -0.2) is 27.4 Å². The number of thioether (sulfide) groups is 1. The molecule has 128 valence electrons. The number of nitrogen functional groups attached to an aromatic ring is 1. The highest BCUT2D eigenvalue weighted by molar-refractivity contribution is 7.99. The van der Waals surface area contributed by atoms with E-state index < -0.39 is 0 Å². The quantitative estimate of drug-likeness (QED) is 0.407. The van der Waals surface area contributed by atoms with Crippen LogP contribution >= 0.6 is 23.1 Å². The Kier molecular flexibility index (Phi) is 4.22. The van der Waals surface area contributed by atoms with E-state index in [1.165, 1.54) is 23.1 Å². The van der Waals surface area contributed by atoms with Gasteiger partial charge in [0.2, 0.25) is 5.91 Å². The van der Waals surface area contributed by atoms with Gasteiger partial charge in [-0.05, 0) is 18.4 Å². The summed E-state index contributed by atoms with van der Waals surface area (Å²) >= 11 is 2.59. The summed E-state index contributed by atoms with van der Waals surface area (Å²) in [4.78, 5) is 29.7. The van der Waals surface area contributed by atoms with Gasteiger partial charge in [-0.1, -0.05) is 42.1 Å². The van der Waals surface area contributed by atoms with E-state index in [9.17, 15) is 9.59 Å². The predicted octanol–water partition coefficient (Wildman–Crippen LogP) is 2.21. The van der Waals surface area contributed by atoms with Crippen molar-refractivity contribution in [1.82, 2.24) is 15.0 Å². The maximum absolute atomic E-state index is 12.7. The smallest absolute Gasteiger partial charge is 0.282 e. The molecule has 0 spiro atoms. The molecule has 0 aliphatic heterocycles. The Bertz CT molecular complexity index is 993. The van der Waals surface area contributed by atoms with E-state index in [1.807, 2.05) is 35.7 Å². The number of hydrogen-bond acceptors (Lipinski definition) is 6. The van der Waals surface area contributed by atoms with Crippen LogP contribution in [0.5, 0.6) is 0 Å². The fourth-order valence-corrected chi connectivity index (χ4v) is 4.26. The number of nitrogens with two attached hydrogens (primary N) is 1. The average Bonchev–Trinajstić information content (AvgIpc) is 3.33. The Balaban J connectivity index is 1.65. The molecule has 1 amide bonds. The number of amides is 1. The number of benzene rings is 1. The number of aromatic nitrogens is 2. The zero-order chi connectivity index (χ0) is 17.4. The van der Waals surface area contributed by atoms with Crippen molar-refractivity contribution in [3.05, 3.63) is 46.1 Å². The third-order valence-electron chi connectivity index (χ3n) is 3.97. The lowest BCUT2D eigenvalue weighted by atomic mass is 10.1. The van der Waals surface area contributed by atoms with Crippen LogP contribution in [0.3, 0.4) is 0 Å². The minimum atomic E-state index is -0.296. The lowest BCUT2D eigenvalue weighted by Crippen LogP contribution is -2.31. The van der Waals surface area contributed by atoms with Gasteiger partial charge in [0, 0.05) is 17.0 Å². The molecule has 0 saturated heterocycles. The maximum Gasteiger partial charge on any atom is 0.282 e. The lowest BCUT2D eigenvalue weighted by Gasteiger charge is -2.08. The zero-order valence-corrected chi connectivity index (χ0v) is 14.9. The molecule has 1 aromatic carbocycles. The minimum absolute atomic E-state index is 0.0574. The molecule has 3 N–H and O–H groups in total. The van der Waals surface area contributed by atoms with Gasteiger partial charge in [0.25, 0.3) is 5.56 Å². The molecule has 6 nitrogen and oxygen atoms in total. The number of nitrogens with zero attached hydrogens (tertiary/aromatic N) is 2. The fraction of sp³-hybridized carbons (Fsp3) is 0.235. The van der Waals surface area contributed by atoms with E-state index in [0.717, 1.165) is 28.6 Å². The Morgan fingerprint density at radius 1 is 1.36 bits per heavy atom. The molecular weight excluding hydrogens is 356 g/mol. The van der Waals surface area contributed by atoms with Crippen LogP contribution in [0.25, 0.3) is 21.3 Å². The molecule has 1 fully saturated rings. The lowest BCUT2D eigenvalue weighted by molar-refractivity contribution is -0.118. The molecular formula is C17H16N4O2S2. The Morgan fingerprint density at radius 2 is 2.12 bits per heavy atom. The number of fused-ring (bicyclic) bond motifs is 1. The van der Waals surface area contributed by atoms with Gasteiger partial charge in [0.1, 0.15) is 4.83 Å². The van der Waals surface area contributed by atoms with Crippen molar-refractivity contribution >= 4 is 39.2 Å². The van der Waals surface area contributed by atoms with Gasteiger partial charge in [-0.3, -0.25) is 9.59 Å². The van der Waals surface area contributed by atoms with Crippen LogP contribution in [-0.2, 0) is 4.79 Å². The highest BCUT2D eigenvalue weighted by atomic mass is 32.2. The second-order valence-corrected chi connectivity index (χ2v) is 7.70. The fourth-order valence-electron chi connectivity index (χ4n) is 2.54. The predicted molar refractivity (Wildman–Crippen MR) is 101 cm³/mol. The third-order valence-corrected chi connectivity index (χ3v) is 5.79. The van der Waals surface area contributed by atoms with E-state index in [-0.39, 0.29) is 17.2 Å². The highest BCUT2D eigenvalue weighted by Crippen LogP contribution is 2.31. The summed E-state index contributed by atoms with van der Waals surface area (Å²) in [7, 11) is 0. The van der Waals surface area contributed by atoms with Crippen molar-refractivity contribution in [3.8, 4) is 11.1 Å². The van der Waals surface area contributed by atoms with Crippen molar-refractivity contribution in [2.45, 2.75) is 24.0 Å². The topological polar surface area (TPSA) is 90.0 Å². The molecule has 4 rings (SSSR count). The number of hydrogen-bond donors (Lipinski definition) is 2. The Morgan fingerprint density at radius 3 is 2.84 bits per heavy atom. The van der Waals surface area contributed by atoms with Crippen molar-refractivity contribution in [3.63, 3.8) is 0 Å². The van der Waals surface area contributed by atoms with Crippen molar-refractivity contribution in [2.75, 3.05) is 11.6 Å². The maximum atomic E-state index is 12.7. The Hall–Kier alpha value is -2.32. The van der Waals surface area contributed by atoms with Crippen LogP contribution < -0.4 is 16.7 Å². The van der Waals surface area contributed by atoms with E-state index in [1.54, 1.807) is 0 Å². The molecule has 1 saturated carbocycles. The second kappa shape index (κ2) is 6.53. The van der Waals surface area contributed by atoms with Gasteiger partial charge in [-0.15, -0.1) is 11.3 Å². The van der Waals surface area contributed by atoms with Crippen LogP contribution in [0.2, 0.25) is 0 Å². The van der Waals surface area contributed by atoms with Crippen molar-refractivity contribution in [2.24, 2.45) is 0 Å². The van der Waals surface area contributed by atoms with Gasteiger partial charge >= 0.3 is 0 Å². The monoisotopic (exact) mass is 372 g/mol. The highest BCUT2D eigenvalue weighted by Gasteiger charge is 2.23. The summed E-state index contributed by atoms with van der Waals surface area (Å²) in [6.07, 6.45) is 2.08. The normalized spacial score (nSPS) is 13.9. The first kappa shape index (κ1) is 16.2. The van der Waals surface area contributed by atoms with Crippen molar-refractivity contribution < 1.29 is 4.79 Å². The number of nitrogens with one attached hydrogen (secondary N) is 1. The van der Waals surface area contributed by atoms with Crippen LogP contribution in [0.4, 0.5) is 0 Å². The van der Waals surface area contributed by atoms with Gasteiger partial charge in [-0.25, -0.2) is 9.66 Å². The van der Waals surface area contributed by atoms with Gasteiger partial charge in [0.05, 0.1) is 11.1 Å². The van der Waals surface area contributed by atoms with E-state index in [0.29, 0.717) is 21.4 Å². The molecule has 8 heteroatoms. The summed E-state index contributed by atoms with van der Waals surface area (Å²) < 4.78 is 1.04. The summed E-state index contributed by atoms with van der Waals surface area (Å²) in [6, 6.07) is 10.00. The largest absolute Gasteiger partial charge is 0.353 e. The number of carbonyl (C=O) groups is 1. The number of carbonyl (C=O) groups excluding carboxylic acids is 1. The van der Waals surface area contributed by atoms with E-state index >= 15 is 0 Å². The molecule has 3 aromatic rings. The molecule has 1 aliphatic carbocycles. The van der Waals surface area contributed by atoms with Crippen LogP contribution in [0, 0.1) is 0 Å². The second-order valence-electron chi connectivity index (χ2n) is 5.90.